The molecule has 0 radical (unpaired) electrons. The molecule has 1 N–H and O–H groups in total. The molecule has 0 unspecified atom stereocenters. The van der Waals surface area contributed by atoms with Gasteiger partial charge in [0.05, 0.1) is 5.56 Å². The number of rotatable bonds is 4. The average Bonchev–Trinajstić information content (AvgIpc) is 2.47. The lowest BCUT2D eigenvalue weighted by molar-refractivity contribution is -0.705. The minimum absolute atomic E-state index is 0.0185. The van der Waals surface area contributed by atoms with Gasteiger partial charge in [0.2, 0.25) is 6.04 Å². The van der Waals surface area contributed by atoms with Gasteiger partial charge in [0.1, 0.15) is 0 Å². The number of benzene rings is 1. The predicted octanol–water partition coefficient (Wildman–Crippen LogP) is 2.38. The van der Waals surface area contributed by atoms with Gasteiger partial charge in [-0.1, -0.05) is 18.2 Å². The molecule has 2 aromatic rings. The Balaban J connectivity index is 2.14. The number of anilines is 1. The summed E-state index contributed by atoms with van der Waals surface area (Å²) in [5, 5.41) is 2.84. The Morgan fingerprint density at radius 2 is 1.80 bits per heavy atom. The van der Waals surface area contributed by atoms with Crippen molar-refractivity contribution in [3.05, 3.63) is 60.4 Å². The number of Topliss-reactive ketones (excluding diaryl/α,β-unsaturated/α-hetero) is 1. The molecule has 4 heteroatoms. The maximum absolute atomic E-state index is 12.2. The minimum atomic E-state index is -0.394. The monoisotopic (exact) mass is 269 g/mol. The molecule has 0 aliphatic carbocycles. The number of nitrogens with one attached hydrogen (secondary N) is 1. The predicted molar refractivity (Wildman–Crippen MR) is 76.4 cm³/mol. The molecule has 0 saturated heterocycles. The van der Waals surface area contributed by atoms with Gasteiger partial charge in [-0.2, -0.15) is 4.57 Å². The standard InChI is InChI=1S/C16H16N2O2/c1-12(16(20)17-15-8-4-3-5-9-15)18-10-6-7-14(11-18)13(2)19/h3-12H,1-2H3/p+1/t12-/m0/s1. The van der Waals surface area contributed by atoms with Crippen LogP contribution < -0.4 is 9.88 Å². The van der Waals surface area contributed by atoms with E-state index >= 15 is 0 Å². The third-order valence-corrected chi connectivity index (χ3v) is 3.10. The fourth-order valence-electron chi connectivity index (χ4n) is 1.85. The van der Waals surface area contributed by atoms with Gasteiger partial charge in [-0.3, -0.25) is 9.59 Å². The average molecular weight is 269 g/mol. The second-order valence-electron chi connectivity index (χ2n) is 4.63. The lowest BCUT2D eigenvalue weighted by atomic mass is 10.2. The third kappa shape index (κ3) is 3.29. The highest BCUT2D eigenvalue weighted by atomic mass is 16.2. The molecule has 0 aliphatic heterocycles. The second kappa shape index (κ2) is 6.10. The number of hydrogen-bond acceptors (Lipinski definition) is 2. The summed E-state index contributed by atoms with van der Waals surface area (Å²) in [6, 6.07) is 12.4. The van der Waals surface area contributed by atoms with Crippen molar-refractivity contribution in [3.8, 4) is 0 Å². The first-order valence-corrected chi connectivity index (χ1v) is 6.45. The molecule has 0 aliphatic rings. The summed E-state index contributed by atoms with van der Waals surface area (Å²) in [5.74, 6) is -0.142. The number of aromatic nitrogens is 1. The van der Waals surface area contributed by atoms with Gasteiger partial charge in [-0.25, -0.2) is 0 Å². The van der Waals surface area contributed by atoms with Crippen molar-refractivity contribution in [1.29, 1.82) is 0 Å². The number of hydrogen-bond donors (Lipinski definition) is 1. The molecule has 1 amide bonds. The first-order valence-electron chi connectivity index (χ1n) is 6.45. The highest BCUT2D eigenvalue weighted by molar-refractivity contribution is 5.94. The van der Waals surface area contributed by atoms with Crippen LogP contribution in [0.5, 0.6) is 0 Å². The van der Waals surface area contributed by atoms with Crippen molar-refractivity contribution in [2.24, 2.45) is 0 Å². The van der Waals surface area contributed by atoms with Crippen LogP contribution in [0, 0.1) is 0 Å². The summed E-state index contributed by atoms with van der Waals surface area (Å²) in [6.07, 6.45) is 3.47. The molecule has 0 fully saturated rings. The van der Waals surface area contributed by atoms with Crippen LogP contribution in [-0.4, -0.2) is 11.7 Å². The Morgan fingerprint density at radius 3 is 2.45 bits per heavy atom. The summed E-state index contributed by atoms with van der Waals surface area (Å²) >= 11 is 0. The molecule has 1 aromatic heterocycles. The minimum Gasteiger partial charge on any atom is -0.320 e. The van der Waals surface area contributed by atoms with Gasteiger partial charge < -0.3 is 5.32 Å². The highest BCUT2D eigenvalue weighted by Gasteiger charge is 2.22. The summed E-state index contributed by atoms with van der Waals surface area (Å²) in [4.78, 5) is 23.5. The van der Waals surface area contributed by atoms with Gasteiger partial charge in [0, 0.05) is 18.7 Å². The zero-order valence-electron chi connectivity index (χ0n) is 11.5. The van der Waals surface area contributed by atoms with E-state index in [1.165, 1.54) is 6.92 Å². The van der Waals surface area contributed by atoms with Crippen LogP contribution in [-0.2, 0) is 4.79 Å². The van der Waals surface area contributed by atoms with E-state index in [9.17, 15) is 9.59 Å². The molecular formula is C16H17N2O2+. The van der Waals surface area contributed by atoms with Crippen LogP contribution in [0.3, 0.4) is 0 Å². The van der Waals surface area contributed by atoms with Gasteiger partial charge in [0.25, 0.3) is 5.91 Å². The SMILES string of the molecule is CC(=O)c1ccc[n+]([C@@H](C)C(=O)Nc2ccccc2)c1. The first-order chi connectivity index (χ1) is 9.58. The zero-order valence-corrected chi connectivity index (χ0v) is 11.5. The van der Waals surface area contributed by atoms with Crippen LogP contribution in [0.1, 0.15) is 30.2 Å². The van der Waals surface area contributed by atoms with Crippen LogP contribution in [0.4, 0.5) is 5.69 Å². The van der Waals surface area contributed by atoms with Gasteiger partial charge >= 0.3 is 0 Å². The molecule has 1 atom stereocenters. The number of nitrogens with zero attached hydrogens (tertiary/aromatic N) is 1. The van der Waals surface area contributed by atoms with Gasteiger partial charge in [-0.05, 0) is 25.1 Å². The molecule has 0 bridgehead atoms. The van der Waals surface area contributed by atoms with E-state index < -0.39 is 6.04 Å². The van der Waals surface area contributed by atoms with Crippen molar-refractivity contribution in [2.75, 3.05) is 5.32 Å². The maximum atomic E-state index is 12.2. The first kappa shape index (κ1) is 13.9. The topological polar surface area (TPSA) is 50.0 Å². The van der Waals surface area contributed by atoms with Gasteiger partial charge in [0.15, 0.2) is 18.2 Å². The van der Waals surface area contributed by atoms with Crippen LogP contribution in [0.15, 0.2) is 54.9 Å². The Kier molecular flexibility index (Phi) is 4.25. The van der Waals surface area contributed by atoms with E-state index in [0.717, 1.165) is 5.69 Å². The highest BCUT2D eigenvalue weighted by Crippen LogP contribution is 2.08. The second-order valence-corrected chi connectivity index (χ2v) is 4.63. The molecule has 4 nitrogen and oxygen atoms in total. The van der Waals surface area contributed by atoms with E-state index in [2.05, 4.69) is 5.32 Å². The van der Waals surface area contributed by atoms with Crippen LogP contribution in [0.25, 0.3) is 0 Å². The lowest BCUT2D eigenvalue weighted by Crippen LogP contribution is -2.44. The molecular weight excluding hydrogens is 252 g/mol. The smallest absolute Gasteiger partial charge is 0.293 e. The number of para-hydroxylation sites is 1. The van der Waals surface area contributed by atoms with Crippen molar-refractivity contribution in [2.45, 2.75) is 19.9 Å². The molecule has 102 valence electrons. The normalized spacial score (nSPS) is 11.7. The summed E-state index contributed by atoms with van der Waals surface area (Å²) < 4.78 is 1.73. The third-order valence-electron chi connectivity index (χ3n) is 3.10. The van der Waals surface area contributed by atoms with Gasteiger partial charge in [-0.15, -0.1) is 0 Å². The van der Waals surface area contributed by atoms with E-state index in [-0.39, 0.29) is 11.7 Å². The molecule has 1 heterocycles. The number of ketones is 1. The summed E-state index contributed by atoms with van der Waals surface area (Å²) in [6.45, 7) is 3.30. The van der Waals surface area contributed by atoms with Crippen molar-refractivity contribution in [3.63, 3.8) is 0 Å². The zero-order chi connectivity index (χ0) is 14.5. The summed E-state index contributed by atoms with van der Waals surface area (Å²) in [7, 11) is 0. The number of carbonyl (C=O) groups is 2. The molecule has 20 heavy (non-hydrogen) atoms. The fourth-order valence-corrected chi connectivity index (χ4v) is 1.85. The van der Waals surface area contributed by atoms with Crippen LogP contribution in [0.2, 0.25) is 0 Å². The number of pyridine rings is 1. The Morgan fingerprint density at radius 1 is 1.10 bits per heavy atom. The van der Waals surface area contributed by atoms with E-state index in [4.69, 9.17) is 0 Å². The lowest BCUT2D eigenvalue weighted by Gasteiger charge is -2.09. The number of amides is 1. The molecule has 0 spiro atoms. The van der Waals surface area contributed by atoms with Crippen molar-refractivity contribution >= 4 is 17.4 Å². The molecule has 2 rings (SSSR count). The Hall–Kier alpha value is -2.49. The maximum Gasteiger partial charge on any atom is 0.293 e. The van der Waals surface area contributed by atoms with E-state index in [1.807, 2.05) is 30.3 Å². The Bertz CT molecular complexity index is 623. The summed E-state index contributed by atoms with van der Waals surface area (Å²) in [5.41, 5.74) is 1.35. The fraction of sp³-hybridized carbons (Fsp3) is 0.188. The van der Waals surface area contributed by atoms with E-state index in [0.29, 0.717) is 5.56 Å². The Labute approximate surface area is 118 Å². The quantitative estimate of drug-likeness (QED) is 0.684. The molecule has 1 aromatic carbocycles. The van der Waals surface area contributed by atoms with E-state index in [1.54, 1.807) is 36.0 Å². The largest absolute Gasteiger partial charge is 0.320 e. The molecule has 0 saturated carbocycles. The van der Waals surface area contributed by atoms with Crippen molar-refractivity contribution in [1.82, 2.24) is 0 Å². The van der Waals surface area contributed by atoms with Crippen molar-refractivity contribution < 1.29 is 14.2 Å². The number of carbonyl (C=O) groups excluding carboxylic acids is 2. The van der Waals surface area contributed by atoms with Crippen LogP contribution >= 0.6 is 0 Å².